The van der Waals surface area contributed by atoms with Crippen molar-refractivity contribution in [1.82, 2.24) is 5.32 Å². The van der Waals surface area contributed by atoms with Crippen LogP contribution in [0.5, 0.6) is 0 Å². The Kier molecular flexibility index (Phi) is 7.15. The van der Waals surface area contributed by atoms with Gasteiger partial charge in [-0.15, -0.1) is 0 Å². The molecule has 3 nitrogen and oxygen atoms in total. The Bertz CT molecular complexity index is 1560. The predicted molar refractivity (Wildman–Crippen MR) is 156 cm³/mol. The van der Waals surface area contributed by atoms with Crippen LogP contribution in [0, 0.1) is 11.7 Å². The molecule has 4 heteroatoms. The fourth-order valence-electron chi connectivity index (χ4n) is 5.58. The van der Waals surface area contributed by atoms with Gasteiger partial charge in [-0.25, -0.2) is 4.39 Å². The van der Waals surface area contributed by atoms with Crippen LogP contribution in [0.3, 0.4) is 0 Å². The lowest BCUT2D eigenvalue weighted by Crippen LogP contribution is -2.43. The summed E-state index contributed by atoms with van der Waals surface area (Å²) in [4.78, 5) is 13.3. The molecule has 0 spiro atoms. The molecule has 192 valence electrons. The highest BCUT2D eigenvalue weighted by atomic mass is 19.1. The molecule has 1 atom stereocenters. The van der Waals surface area contributed by atoms with E-state index in [2.05, 4.69) is 67.0 Å². The van der Waals surface area contributed by atoms with Crippen molar-refractivity contribution >= 4 is 23.6 Å². The second-order valence-corrected chi connectivity index (χ2v) is 10.5. The number of rotatable bonds is 3. The molecular formula is C34H33FN2O. The third-order valence-electron chi connectivity index (χ3n) is 7.51. The normalized spacial score (nSPS) is 17.6. The van der Waals surface area contributed by atoms with Crippen LogP contribution in [-0.2, 0) is 11.8 Å². The van der Waals surface area contributed by atoms with Crippen LogP contribution in [0.1, 0.15) is 41.8 Å². The first kappa shape index (κ1) is 25.5. The SMILES string of the molecule is C1=CC=CNC=C1.CNc1ccc2c(c1)CC=c1c-2ccc2c1=CC(C(=O)c1ccc(F)cc1)CC2(C)C. The first-order chi connectivity index (χ1) is 18.4. The number of hydrogen-bond acceptors (Lipinski definition) is 3. The summed E-state index contributed by atoms with van der Waals surface area (Å²) in [5.74, 6) is -0.481. The zero-order chi connectivity index (χ0) is 26.7. The van der Waals surface area contributed by atoms with E-state index >= 15 is 0 Å². The second-order valence-electron chi connectivity index (χ2n) is 10.5. The molecule has 0 saturated heterocycles. The Labute approximate surface area is 223 Å². The molecule has 0 amide bonds. The van der Waals surface area contributed by atoms with Crippen molar-refractivity contribution in [3.63, 3.8) is 0 Å². The molecule has 3 aromatic carbocycles. The van der Waals surface area contributed by atoms with E-state index in [1.165, 1.54) is 44.8 Å². The van der Waals surface area contributed by atoms with Crippen molar-refractivity contribution in [3.8, 4) is 11.1 Å². The van der Waals surface area contributed by atoms with Gasteiger partial charge in [-0.1, -0.05) is 56.4 Å². The Balaban J connectivity index is 0.000000366. The minimum atomic E-state index is -0.321. The van der Waals surface area contributed by atoms with E-state index in [0.717, 1.165) is 18.5 Å². The van der Waals surface area contributed by atoms with E-state index in [4.69, 9.17) is 0 Å². The summed E-state index contributed by atoms with van der Waals surface area (Å²) in [5, 5.41) is 8.55. The van der Waals surface area contributed by atoms with E-state index in [0.29, 0.717) is 5.56 Å². The van der Waals surface area contributed by atoms with E-state index in [9.17, 15) is 9.18 Å². The second kappa shape index (κ2) is 10.7. The van der Waals surface area contributed by atoms with Gasteiger partial charge in [0.15, 0.2) is 5.78 Å². The average Bonchev–Trinajstić information content (AvgIpc) is 3.25. The van der Waals surface area contributed by atoms with Crippen molar-refractivity contribution < 1.29 is 9.18 Å². The standard InChI is InChI=1S/C28H26FNO.C6H7N/c1-28(2)16-19(27(31)17-4-7-20(29)8-5-17)15-25-24-10-6-18-14-21(30-3)9-11-22(18)23(24)12-13-26(25)28;1-2-4-6-7-5-3-1/h4-5,7-15,19,30H,6,16H2,1-3H3;1-7H. The van der Waals surface area contributed by atoms with Crippen LogP contribution >= 0.6 is 0 Å². The maximum absolute atomic E-state index is 13.3. The van der Waals surface area contributed by atoms with Crippen LogP contribution in [0.25, 0.3) is 23.3 Å². The van der Waals surface area contributed by atoms with Crippen molar-refractivity contribution in [2.45, 2.75) is 32.1 Å². The lowest BCUT2D eigenvalue weighted by atomic mass is 9.69. The maximum atomic E-state index is 13.3. The highest BCUT2D eigenvalue weighted by Crippen LogP contribution is 2.35. The largest absolute Gasteiger partial charge is 0.388 e. The lowest BCUT2D eigenvalue weighted by Gasteiger charge is -2.34. The van der Waals surface area contributed by atoms with Crippen LogP contribution < -0.4 is 21.1 Å². The van der Waals surface area contributed by atoms with Gasteiger partial charge >= 0.3 is 0 Å². The Morgan fingerprint density at radius 3 is 2.34 bits per heavy atom. The van der Waals surface area contributed by atoms with E-state index in [1.807, 2.05) is 43.8 Å². The van der Waals surface area contributed by atoms with Gasteiger partial charge in [-0.2, -0.15) is 0 Å². The third-order valence-corrected chi connectivity index (χ3v) is 7.51. The summed E-state index contributed by atoms with van der Waals surface area (Å²) in [6.07, 6.45) is 17.6. The molecule has 3 aromatic rings. The number of benzene rings is 3. The number of ketones is 1. The predicted octanol–water partition coefficient (Wildman–Crippen LogP) is 6.01. The minimum Gasteiger partial charge on any atom is -0.388 e. The van der Waals surface area contributed by atoms with E-state index < -0.39 is 0 Å². The average molecular weight is 505 g/mol. The third kappa shape index (κ3) is 5.12. The number of Topliss-reactive ketones (excluding diaryl/α,β-unsaturated/α-hetero) is 1. The zero-order valence-electron chi connectivity index (χ0n) is 22.1. The number of carbonyl (C=O) groups is 1. The Morgan fingerprint density at radius 2 is 1.63 bits per heavy atom. The van der Waals surface area contributed by atoms with Gasteiger partial charge in [0, 0.05) is 36.6 Å². The van der Waals surface area contributed by atoms with Crippen molar-refractivity contribution in [2.24, 2.45) is 5.92 Å². The summed E-state index contributed by atoms with van der Waals surface area (Å²) >= 11 is 0. The molecule has 2 N–H and O–H groups in total. The van der Waals surface area contributed by atoms with Crippen LogP contribution in [-0.4, -0.2) is 12.8 Å². The van der Waals surface area contributed by atoms with Crippen molar-refractivity contribution in [3.05, 3.63) is 124 Å². The molecule has 3 aliphatic rings. The number of hydrogen-bond donors (Lipinski definition) is 2. The molecule has 0 saturated carbocycles. The lowest BCUT2D eigenvalue weighted by molar-refractivity contribution is 0.0933. The van der Waals surface area contributed by atoms with Gasteiger partial charge in [0.05, 0.1) is 0 Å². The molecule has 1 aliphatic heterocycles. The summed E-state index contributed by atoms with van der Waals surface area (Å²) in [5.41, 5.74) is 6.66. The minimum absolute atomic E-state index is 0.0613. The molecule has 0 radical (unpaired) electrons. The van der Waals surface area contributed by atoms with Gasteiger partial charge < -0.3 is 10.6 Å². The van der Waals surface area contributed by atoms with E-state index in [1.54, 1.807) is 12.1 Å². The summed E-state index contributed by atoms with van der Waals surface area (Å²) in [6, 6.07) is 16.9. The Morgan fingerprint density at radius 1 is 0.921 bits per heavy atom. The molecular weight excluding hydrogens is 471 g/mol. The number of carbonyl (C=O) groups excluding carboxylic acids is 1. The van der Waals surface area contributed by atoms with Gasteiger partial charge in [-0.3, -0.25) is 4.79 Å². The zero-order valence-corrected chi connectivity index (χ0v) is 22.1. The molecule has 0 fully saturated rings. The first-order valence-corrected chi connectivity index (χ1v) is 13.1. The smallest absolute Gasteiger partial charge is 0.169 e. The quantitative estimate of drug-likeness (QED) is 0.430. The summed E-state index contributed by atoms with van der Waals surface area (Å²) in [6.45, 7) is 4.43. The van der Waals surface area contributed by atoms with Crippen LogP contribution in [0.4, 0.5) is 10.1 Å². The summed E-state index contributed by atoms with van der Waals surface area (Å²) in [7, 11) is 1.94. The van der Waals surface area contributed by atoms with Gasteiger partial charge in [-0.05, 0) is 99.5 Å². The van der Waals surface area contributed by atoms with Crippen LogP contribution in [0.2, 0.25) is 0 Å². The fourth-order valence-corrected chi connectivity index (χ4v) is 5.58. The number of nitrogens with one attached hydrogen (secondary N) is 2. The number of fused-ring (bicyclic) bond motifs is 5. The topological polar surface area (TPSA) is 41.1 Å². The molecule has 6 rings (SSSR count). The number of anilines is 1. The molecule has 38 heavy (non-hydrogen) atoms. The molecule has 1 unspecified atom stereocenters. The monoisotopic (exact) mass is 504 g/mol. The van der Waals surface area contributed by atoms with Crippen LogP contribution in [0.15, 0.2) is 91.3 Å². The summed E-state index contributed by atoms with van der Waals surface area (Å²) < 4.78 is 13.3. The number of allylic oxidation sites excluding steroid dienone is 4. The van der Waals surface area contributed by atoms with Crippen molar-refractivity contribution in [2.75, 3.05) is 12.4 Å². The molecule has 1 heterocycles. The maximum Gasteiger partial charge on any atom is 0.169 e. The highest BCUT2D eigenvalue weighted by Gasteiger charge is 2.33. The van der Waals surface area contributed by atoms with Crippen molar-refractivity contribution in [1.29, 1.82) is 0 Å². The van der Waals surface area contributed by atoms with Gasteiger partial charge in [0.25, 0.3) is 0 Å². The van der Waals surface area contributed by atoms with E-state index in [-0.39, 0.29) is 22.9 Å². The molecule has 2 aliphatic carbocycles. The number of halogens is 1. The van der Waals surface area contributed by atoms with Gasteiger partial charge in [0.2, 0.25) is 0 Å². The fraction of sp³-hybridized carbons (Fsp3) is 0.206. The van der Waals surface area contributed by atoms with Gasteiger partial charge in [0.1, 0.15) is 5.82 Å². The molecule has 0 bridgehead atoms. The Hall–Kier alpha value is -4.18. The molecule has 0 aromatic heterocycles. The highest BCUT2D eigenvalue weighted by molar-refractivity contribution is 6.01. The first-order valence-electron chi connectivity index (χ1n) is 13.1.